The van der Waals surface area contributed by atoms with Gasteiger partial charge < -0.3 is 10.4 Å². The highest BCUT2D eigenvalue weighted by Gasteiger charge is 2.51. The number of phenols is 1. The number of imide groups is 1. The molecule has 0 aromatic heterocycles. The van der Waals surface area contributed by atoms with Crippen molar-refractivity contribution in [2.75, 3.05) is 0 Å². The standard InChI is InChI=1S/C15H16BrN3O3/c16-11-4-5-12(20)10(8-11)9-17-19-13(21)15(18-14(19)22)6-2-1-3-7-15/h4-5,8-9,20H,1-3,6-7H2,(H,18,22)/b17-9+. The number of hydrogen-bond donors (Lipinski definition) is 2. The predicted molar refractivity (Wildman–Crippen MR) is 84.6 cm³/mol. The van der Waals surface area contributed by atoms with Crippen LogP contribution in [0.25, 0.3) is 0 Å². The van der Waals surface area contributed by atoms with E-state index in [-0.39, 0.29) is 11.7 Å². The first-order valence-electron chi connectivity index (χ1n) is 7.21. The van der Waals surface area contributed by atoms with Crippen molar-refractivity contribution >= 4 is 34.1 Å². The minimum atomic E-state index is -0.786. The number of carbonyl (C=O) groups is 2. The van der Waals surface area contributed by atoms with E-state index in [0.29, 0.717) is 18.4 Å². The van der Waals surface area contributed by atoms with E-state index in [2.05, 4.69) is 26.3 Å². The van der Waals surface area contributed by atoms with E-state index in [0.717, 1.165) is 28.7 Å². The first kappa shape index (κ1) is 15.0. The molecule has 0 radical (unpaired) electrons. The molecule has 1 aliphatic carbocycles. The average Bonchev–Trinajstić information content (AvgIpc) is 2.72. The van der Waals surface area contributed by atoms with Gasteiger partial charge in [-0.3, -0.25) is 4.79 Å². The third kappa shape index (κ3) is 2.61. The van der Waals surface area contributed by atoms with Gasteiger partial charge in [-0.1, -0.05) is 35.2 Å². The zero-order valence-corrected chi connectivity index (χ0v) is 13.5. The molecular weight excluding hydrogens is 350 g/mol. The molecule has 0 unspecified atom stereocenters. The van der Waals surface area contributed by atoms with Crippen LogP contribution in [0, 0.1) is 0 Å². The van der Waals surface area contributed by atoms with E-state index >= 15 is 0 Å². The topological polar surface area (TPSA) is 82.0 Å². The average molecular weight is 366 g/mol. The minimum absolute atomic E-state index is 0.0337. The second-order valence-corrected chi connectivity index (χ2v) is 6.55. The summed E-state index contributed by atoms with van der Waals surface area (Å²) >= 11 is 3.30. The van der Waals surface area contributed by atoms with Gasteiger partial charge in [-0.15, -0.1) is 5.01 Å². The Hall–Kier alpha value is -1.89. The summed E-state index contributed by atoms with van der Waals surface area (Å²) in [6, 6.07) is 4.36. The first-order valence-corrected chi connectivity index (χ1v) is 8.00. The van der Waals surface area contributed by atoms with Gasteiger partial charge in [-0.2, -0.15) is 5.10 Å². The molecule has 0 atom stereocenters. The number of hydrazone groups is 1. The Morgan fingerprint density at radius 3 is 2.73 bits per heavy atom. The van der Waals surface area contributed by atoms with Gasteiger partial charge in [0, 0.05) is 10.0 Å². The highest BCUT2D eigenvalue weighted by molar-refractivity contribution is 9.10. The third-order valence-electron chi connectivity index (χ3n) is 4.15. The number of benzene rings is 1. The lowest BCUT2D eigenvalue weighted by molar-refractivity contribution is -0.132. The highest BCUT2D eigenvalue weighted by Crippen LogP contribution is 2.33. The molecule has 7 heteroatoms. The van der Waals surface area contributed by atoms with E-state index in [1.54, 1.807) is 12.1 Å². The highest BCUT2D eigenvalue weighted by atomic mass is 79.9. The Morgan fingerprint density at radius 1 is 1.27 bits per heavy atom. The number of hydrogen-bond acceptors (Lipinski definition) is 4. The maximum absolute atomic E-state index is 12.5. The molecule has 116 valence electrons. The monoisotopic (exact) mass is 365 g/mol. The normalized spacial score (nSPS) is 20.9. The summed E-state index contributed by atoms with van der Waals surface area (Å²) < 4.78 is 0.771. The predicted octanol–water partition coefficient (Wildman–Crippen LogP) is 2.74. The van der Waals surface area contributed by atoms with Crippen LogP contribution in [0.3, 0.4) is 0 Å². The van der Waals surface area contributed by atoms with Crippen molar-refractivity contribution in [1.82, 2.24) is 10.3 Å². The lowest BCUT2D eigenvalue weighted by Crippen LogP contribution is -2.48. The van der Waals surface area contributed by atoms with E-state index < -0.39 is 11.6 Å². The van der Waals surface area contributed by atoms with Gasteiger partial charge in [-0.25, -0.2) is 4.79 Å². The zero-order chi connectivity index (χ0) is 15.7. The molecular formula is C15H16BrN3O3. The maximum atomic E-state index is 12.5. The minimum Gasteiger partial charge on any atom is -0.507 e. The summed E-state index contributed by atoms with van der Waals surface area (Å²) in [6.07, 6.45) is 5.57. The lowest BCUT2D eigenvalue weighted by atomic mass is 9.82. The second kappa shape index (κ2) is 5.72. The third-order valence-corrected chi connectivity index (χ3v) is 4.64. The molecule has 1 saturated heterocycles. The van der Waals surface area contributed by atoms with Gasteiger partial charge in [0.15, 0.2) is 0 Å². The molecule has 2 fully saturated rings. The number of halogens is 1. The SMILES string of the molecule is O=C1NC2(CCCCC2)C(=O)N1/N=C/c1cc(Br)ccc1O. The van der Waals surface area contributed by atoms with Gasteiger partial charge in [0.05, 0.1) is 6.21 Å². The summed E-state index contributed by atoms with van der Waals surface area (Å²) in [5.74, 6) is -0.269. The second-order valence-electron chi connectivity index (χ2n) is 5.64. The Bertz CT molecular complexity index is 653. The van der Waals surface area contributed by atoms with Crippen molar-refractivity contribution < 1.29 is 14.7 Å². The number of phenolic OH excluding ortho intramolecular Hbond substituents is 1. The fraction of sp³-hybridized carbons (Fsp3) is 0.400. The fourth-order valence-electron chi connectivity index (χ4n) is 2.95. The smallest absolute Gasteiger partial charge is 0.346 e. The van der Waals surface area contributed by atoms with Crippen LogP contribution in [0.15, 0.2) is 27.8 Å². The summed E-state index contributed by atoms with van der Waals surface area (Å²) in [5.41, 5.74) is -0.356. The van der Waals surface area contributed by atoms with Gasteiger partial charge in [0.2, 0.25) is 0 Å². The number of urea groups is 1. The first-order chi connectivity index (χ1) is 10.5. The molecule has 0 bridgehead atoms. The molecule has 1 aromatic carbocycles. The number of aromatic hydroxyl groups is 1. The molecule has 1 spiro atoms. The van der Waals surface area contributed by atoms with Crippen molar-refractivity contribution in [1.29, 1.82) is 0 Å². The molecule has 6 nitrogen and oxygen atoms in total. The molecule has 3 rings (SSSR count). The van der Waals surface area contributed by atoms with E-state index in [4.69, 9.17) is 0 Å². The number of nitrogens with zero attached hydrogens (tertiary/aromatic N) is 2. The molecule has 1 aliphatic heterocycles. The molecule has 1 saturated carbocycles. The molecule has 2 aliphatic rings. The van der Waals surface area contributed by atoms with Crippen LogP contribution in [0.5, 0.6) is 5.75 Å². The van der Waals surface area contributed by atoms with Crippen molar-refractivity contribution in [3.8, 4) is 5.75 Å². The number of amides is 3. The Kier molecular flexibility index (Phi) is 3.90. The van der Waals surface area contributed by atoms with Crippen LogP contribution in [0.2, 0.25) is 0 Å². The molecule has 1 heterocycles. The van der Waals surface area contributed by atoms with Crippen molar-refractivity contribution in [2.45, 2.75) is 37.6 Å². The quantitative estimate of drug-likeness (QED) is 0.624. The van der Waals surface area contributed by atoms with Crippen molar-refractivity contribution in [2.24, 2.45) is 5.10 Å². The van der Waals surface area contributed by atoms with Crippen LogP contribution in [0.1, 0.15) is 37.7 Å². The Morgan fingerprint density at radius 2 is 2.00 bits per heavy atom. The summed E-state index contributed by atoms with van der Waals surface area (Å²) in [4.78, 5) is 24.6. The fourth-order valence-corrected chi connectivity index (χ4v) is 3.33. The largest absolute Gasteiger partial charge is 0.507 e. The van der Waals surface area contributed by atoms with E-state index in [1.165, 1.54) is 12.3 Å². The van der Waals surface area contributed by atoms with Gasteiger partial charge >= 0.3 is 6.03 Å². The van der Waals surface area contributed by atoms with E-state index in [9.17, 15) is 14.7 Å². The van der Waals surface area contributed by atoms with Crippen LogP contribution >= 0.6 is 15.9 Å². The molecule has 1 aromatic rings. The van der Waals surface area contributed by atoms with E-state index in [1.807, 2.05) is 0 Å². The Labute approximate surface area is 136 Å². The summed E-state index contributed by atoms with van der Waals surface area (Å²) in [7, 11) is 0. The number of carbonyl (C=O) groups excluding carboxylic acids is 2. The van der Waals surface area contributed by atoms with Crippen LogP contribution in [-0.2, 0) is 4.79 Å². The van der Waals surface area contributed by atoms with Crippen molar-refractivity contribution in [3.05, 3.63) is 28.2 Å². The van der Waals surface area contributed by atoms with Gasteiger partial charge in [0.1, 0.15) is 11.3 Å². The molecule has 3 amide bonds. The van der Waals surface area contributed by atoms with Gasteiger partial charge in [0.25, 0.3) is 5.91 Å². The van der Waals surface area contributed by atoms with Crippen molar-refractivity contribution in [3.63, 3.8) is 0 Å². The van der Waals surface area contributed by atoms with Crippen LogP contribution in [-0.4, -0.2) is 33.8 Å². The maximum Gasteiger partial charge on any atom is 0.346 e. The van der Waals surface area contributed by atoms with Crippen LogP contribution in [0.4, 0.5) is 4.79 Å². The number of rotatable bonds is 2. The van der Waals surface area contributed by atoms with Crippen LogP contribution < -0.4 is 5.32 Å². The van der Waals surface area contributed by atoms with Gasteiger partial charge in [-0.05, 0) is 31.0 Å². The molecule has 22 heavy (non-hydrogen) atoms. The lowest BCUT2D eigenvalue weighted by Gasteiger charge is -2.29. The summed E-state index contributed by atoms with van der Waals surface area (Å²) in [6.45, 7) is 0. The summed E-state index contributed by atoms with van der Waals surface area (Å²) in [5, 5.41) is 17.4. The molecule has 2 N–H and O–H groups in total. The Balaban J connectivity index is 1.83. The number of nitrogens with one attached hydrogen (secondary N) is 1. The zero-order valence-electron chi connectivity index (χ0n) is 11.9.